The molecule has 112 valence electrons. The summed E-state index contributed by atoms with van der Waals surface area (Å²) in [6.45, 7) is 6.17. The summed E-state index contributed by atoms with van der Waals surface area (Å²) in [7, 11) is 0. The largest absolute Gasteiger partial charge is 0.491 e. The van der Waals surface area contributed by atoms with Gasteiger partial charge in [-0.3, -0.25) is 0 Å². The summed E-state index contributed by atoms with van der Waals surface area (Å²) in [5, 5.41) is 0. The van der Waals surface area contributed by atoms with Crippen LogP contribution in [-0.4, -0.2) is 11.9 Å². The molecule has 2 N–H and O–H groups in total. The molecule has 2 rings (SSSR count). The summed E-state index contributed by atoms with van der Waals surface area (Å²) in [5.74, 6) is 1.73. The van der Waals surface area contributed by atoms with Gasteiger partial charge < -0.3 is 10.5 Å². The minimum Gasteiger partial charge on any atom is -0.491 e. The first-order chi connectivity index (χ1) is 10.1. The van der Waals surface area contributed by atoms with Crippen LogP contribution in [0.3, 0.4) is 0 Å². The van der Waals surface area contributed by atoms with Crippen molar-refractivity contribution in [2.45, 2.75) is 37.8 Å². The summed E-state index contributed by atoms with van der Waals surface area (Å²) in [6, 6.07) is 16.5. The van der Waals surface area contributed by atoms with Crippen molar-refractivity contribution in [1.82, 2.24) is 0 Å². The molecule has 0 spiro atoms. The summed E-state index contributed by atoms with van der Waals surface area (Å²) in [6.07, 6.45) is 0.155. The van der Waals surface area contributed by atoms with Crippen molar-refractivity contribution in [3.05, 3.63) is 59.7 Å². The Kier molecular flexibility index (Phi) is 5.71. The average Bonchev–Trinajstić information content (AvgIpc) is 2.45. The molecule has 1 atom stereocenters. The van der Waals surface area contributed by atoms with E-state index in [4.69, 9.17) is 10.5 Å². The Bertz CT molecular complexity index is 583. The first kappa shape index (κ1) is 15.9. The summed E-state index contributed by atoms with van der Waals surface area (Å²) in [4.78, 5) is 1.26. The van der Waals surface area contributed by atoms with E-state index in [9.17, 15) is 0 Å². The highest BCUT2D eigenvalue weighted by Gasteiger charge is 2.13. The zero-order chi connectivity index (χ0) is 15.2. The van der Waals surface area contributed by atoms with Gasteiger partial charge in [0.25, 0.3) is 0 Å². The van der Waals surface area contributed by atoms with Crippen LogP contribution in [0.4, 0.5) is 0 Å². The molecular weight excluding hydrogens is 278 g/mol. The topological polar surface area (TPSA) is 35.2 Å². The van der Waals surface area contributed by atoms with E-state index in [2.05, 4.69) is 37.3 Å². The Morgan fingerprint density at radius 2 is 1.86 bits per heavy atom. The lowest BCUT2D eigenvalue weighted by Crippen LogP contribution is -2.16. The fourth-order valence-electron chi connectivity index (χ4n) is 2.13. The summed E-state index contributed by atoms with van der Waals surface area (Å²) >= 11 is 1.78. The van der Waals surface area contributed by atoms with Gasteiger partial charge in [-0.15, -0.1) is 11.8 Å². The van der Waals surface area contributed by atoms with Gasteiger partial charge >= 0.3 is 0 Å². The second-order valence-electron chi connectivity index (χ2n) is 5.44. The maximum atomic E-state index is 6.36. The third-order valence-corrected chi connectivity index (χ3v) is 4.21. The molecule has 2 nitrogen and oxygen atoms in total. The number of nitrogens with two attached hydrogens (primary N) is 1. The molecule has 1 unspecified atom stereocenters. The number of hydrogen-bond donors (Lipinski definition) is 1. The fourth-order valence-corrected chi connectivity index (χ4v) is 3.12. The van der Waals surface area contributed by atoms with Gasteiger partial charge in [0.05, 0.1) is 6.10 Å². The Balaban J connectivity index is 2.04. The van der Waals surface area contributed by atoms with Gasteiger partial charge in [-0.1, -0.05) is 35.9 Å². The van der Waals surface area contributed by atoms with E-state index in [1.165, 1.54) is 10.5 Å². The molecule has 0 fully saturated rings. The lowest BCUT2D eigenvalue weighted by atomic mass is 10.1. The molecule has 21 heavy (non-hydrogen) atoms. The molecule has 0 aromatic heterocycles. The van der Waals surface area contributed by atoms with E-state index < -0.39 is 0 Å². The highest BCUT2D eigenvalue weighted by atomic mass is 32.2. The minimum atomic E-state index is -0.0366. The predicted molar refractivity (Wildman–Crippen MR) is 91.0 cm³/mol. The number of thioether (sulfide) groups is 1. The number of rotatable bonds is 6. The van der Waals surface area contributed by atoms with Gasteiger partial charge in [-0.2, -0.15) is 0 Å². The van der Waals surface area contributed by atoms with Crippen LogP contribution in [0.15, 0.2) is 53.4 Å². The van der Waals surface area contributed by atoms with E-state index in [1.54, 1.807) is 11.8 Å². The zero-order valence-corrected chi connectivity index (χ0v) is 13.7. The minimum absolute atomic E-state index is 0.0366. The van der Waals surface area contributed by atoms with Gasteiger partial charge in [0.2, 0.25) is 0 Å². The molecule has 0 aliphatic carbocycles. The Labute approximate surface area is 131 Å². The van der Waals surface area contributed by atoms with Crippen LogP contribution in [-0.2, 0) is 0 Å². The summed E-state index contributed by atoms with van der Waals surface area (Å²) in [5.41, 5.74) is 8.71. The van der Waals surface area contributed by atoms with Gasteiger partial charge in [0, 0.05) is 22.3 Å². The maximum absolute atomic E-state index is 6.36. The fraction of sp³-hybridized carbons (Fsp3) is 0.333. The first-order valence-corrected chi connectivity index (χ1v) is 8.25. The second kappa shape index (κ2) is 7.53. The van der Waals surface area contributed by atoms with E-state index in [1.807, 2.05) is 32.0 Å². The van der Waals surface area contributed by atoms with Crippen molar-refractivity contribution in [1.29, 1.82) is 0 Å². The van der Waals surface area contributed by atoms with Crippen molar-refractivity contribution in [2.75, 3.05) is 5.75 Å². The number of para-hydroxylation sites is 1. The van der Waals surface area contributed by atoms with Gasteiger partial charge in [0.15, 0.2) is 0 Å². The highest BCUT2D eigenvalue weighted by Crippen LogP contribution is 2.29. The standard InChI is InChI=1S/C18H23NOS/c1-13(2)20-18-10-5-4-9-16(18)17(19)12-21-15-8-6-7-14(3)11-15/h4-11,13,17H,12,19H2,1-3H3. The average molecular weight is 301 g/mol. The Morgan fingerprint density at radius 1 is 1.10 bits per heavy atom. The van der Waals surface area contributed by atoms with Crippen molar-refractivity contribution >= 4 is 11.8 Å². The quantitative estimate of drug-likeness (QED) is 0.794. The molecule has 0 amide bonds. The predicted octanol–water partition coefficient (Wildman–Crippen LogP) is 4.57. The Hall–Kier alpha value is -1.45. The molecule has 3 heteroatoms. The maximum Gasteiger partial charge on any atom is 0.124 e. The SMILES string of the molecule is Cc1cccc(SCC(N)c2ccccc2OC(C)C)c1. The third kappa shape index (κ3) is 4.80. The van der Waals surface area contributed by atoms with Crippen LogP contribution < -0.4 is 10.5 Å². The monoisotopic (exact) mass is 301 g/mol. The van der Waals surface area contributed by atoms with Crippen molar-refractivity contribution in [2.24, 2.45) is 5.73 Å². The number of benzene rings is 2. The van der Waals surface area contributed by atoms with Crippen LogP contribution in [0.2, 0.25) is 0 Å². The Morgan fingerprint density at radius 3 is 2.57 bits per heavy atom. The molecule has 0 radical (unpaired) electrons. The van der Waals surface area contributed by atoms with Crippen molar-refractivity contribution in [3.63, 3.8) is 0 Å². The smallest absolute Gasteiger partial charge is 0.124 e. The van der Waals surface area contributed by atoms with Crippen LogP contribution in [0.25, 0.3) is 0 Å². The third-order valence-electron chi connectivity index (χ3n) is 3.10. The van der Waals surface area contributed by atoms with E-state index in [-0.39, 0.29) is 12.1 Å². The van der Waals surface area contributed by atoms with Gasteiger partial charge in [-0.05, 0) is 39.0 Å². The second-order valence-corrected chi connectivity index (χ2v) is 6.53. The van der Waals surface area contributed by atoms with Crippen LogP contribution in [0.1, 0.15) is 31.0 Å². The molecular formula is C18H23NOS. The van der Waals surface area contributed by atoms with E-state index >= 15 is 0 Å². The molecule has 0 saturated carbocycles. The normalized spacial score (nSPS) is 12.4. The van der Waals surface area contributed by atoms with Crippen molar-refractivity contribution in [3.8, 4) is 5.75 Å². The molecule has 0 heterocycles. The highest BCUT2D eigenvalue weighted by molar-refractivity contribution is 7.99. The molecule has 0 aliphatic heterocycles. The molecule has 2 aromatic rings. The molecule has 0 saturated heterocycles. The van der Waals surface area contributed by atoms with E-state index in [0.717, 1.165) is 17.1 Å². The number of aryl methyl sites for hydroxylation is 1. The molecule has 2 aromatic carbocycles. The van der Waals surface area contributed by atoms with Crippen LogP contribution in [0.5, 0.6) is 5.75 Å². The van der Waals surface area contributed by atoms with Crippen molar-refractivity contribution < 1.29 is 4.74 Å². The lowest BCUT2D eigenvalue weighted by Gasteiger charge is -2.18. The molecule has 0 bridgehead atoms. The lowest BCUT2D eigenvalue weighted by molar-refractivity contribution is 0.239. The van der Waals surface area contributed by atoms with E-state index in [0.29, 0.717) is 0 Å². The zero-order valence-electron chi connectivity index (χ0n) is 12.9. The number of ether oxygens (including phenoxy) is 1. The van der Waals surface area contributed by atoms with Crippen LogP contribution in [0, 0.1) is 6.92 Å². The van der Waals surface area contributed by atoms with Gasteiger partial charge in [-0.25, -0.2) is 0 Å². The molecule has 0 aliphatic rings. The number of hydrogen-bond acceptors (Lipinski definition) is 3. The van der Waals surface area contributed by atoms with Crippen LogP contribution >= 0.6 is 11.8 Å². The van der Waals surface area contributed by atoms with Gasteiger partial charge in [0.1, 0.15) is 5.75 Å². The first-order valence-electron chi connectivity index (χ1n) is 7.27. The summed E-state index contributed by atoms with van der Waals surface area (Å²) < 4.78 is 5.85.